The lowest BCUT2D eigenvalue weighted by molar-refractivity contribution is 0.0640. The van der Waals surface area contributed by atoms with Gasteiger partial charge >= 0.3 is 12.1 Å². The normalized spacial score (nSPS) is 12.0. The van der Waals surface area contributed by atoms with Crippen LogP contribution in [0.1, 0.15) is 22.0 Å². The van der Waals surface area contributed by atoms with E-state index in [0.717, 1.165) is 0 Å². The Bertz CT molecular complexity index is 1040. The van der Waals surface area contributed by atoms with E-state index >= 15 is 0 Å². The molecule has 0 aliphatic rings. The molecular weight excluding hydrogens is 371 g/mol. The van der Waals surface area contributed by atoms with Crippen molar-refractivity contribution in [2.75, 3.05) is 13.7 Å². The van der Waals surface area contributed by atoms with Gasteiger partial charge in [-0.2, -0.15) is 0 Å². The van der Waals surface area contributed by atoms with Crippen molar-refractivity contribution in [3.05, 3.63) is 53.3 Å². The van der Waals surface area contributed by atoms with Gasteiger partial charge in [-0.3, -0.25) is 0 Å². The second-order valence-electron chi connectivity index (χ2n) is 5.86. The molecule has 0 spiro atoms. The first-order chi connectivity index (χ1) is 13.3. The molecule has 1 unspecified atom stereocenters. The number of carbonyl (C=O) groups is 2. The molecule has 0 radical (unpaired) electrons. The molecule has 3 aromatic rings. The number of carbonyl (C=O) groups excluding carboxylic acids is 2. The molecule has 0 fully saturated rings. The number of furan rings is 1. The summed E-state index contributed by atoms with van der Waals surface area (Å²) in [5.74, 6) is -1.22. The predicted octanol–water partition coefficient (Wildman–Crippen LogP) is 2.48. The highest BCUT2D eigenvalue weighted by atomic mass is 19.1. The van der Waals surface area contributed by atoms with Crippen LogP contribution < -0.4 is 16.2 Å². The standard InChI is InChI=1S/C19H17FN2O6/c1-26-14-7-12-15(6-11(14)13(23)8-21)27-17(9-2-4-10(20)5-3-9)16(12)18(24)28-19(22)25/h2-7,13,23H,8,21H2,1H3,(H2,22,25). The largest absolute Gasteiger partial charge is 0.496 e. The molecule has 1 aromatic heterocycles. The van der Waals surface area contributed by atoms with Crippen LogP contribution in [0, 0.1) is 5.82 Å². The van der Waals surface area contributed by atoms with E-state index in [1.54, 1.807) is 0 Å². The fraction of sp³-hybridized carbons (Fsp3) is 0.158. The highest BCUT2D eigenvalue weighted by Gasteiger charge is 2.27. The van der Waals surface area contributed by atoms with Gasteiger partial charge in [0.15, 0.2) is 0 Å². The minimum Gasteiger partial charge on any atom is -0.496 e. The van der Waals surface area contributed by atoms with Crippen molar-refractivity contribution in [3.63, 3.8) is 0 Å². The molecule has 0 bridgehead atoms. The third-order valence-corrected chi connectivity index (χ3v) is 4.13. The number of aliphatic hydroxyl groups excluding tert-OH is 1. The Morgan fingerprint density at radius 2 is 1.93 bits per heavy atom. The summed E-state index contributed by atoms with van der Waals surface area (Å²) in [5.41, 5.74) is 11.3. The Kier molecular flexibility index (Phi) is 5.30. The summed E-state index contributed by atoms with van der Waals surface area (Å²) in [6.45, 7) is -0.0655. The van der Waals surface area contributed by atoms with E-state index in [-0.39, 0.29) is 34.6 Å². The Labute approximate surface area is 158 Å². The fourth-order valence-corrected chi connectivity index (χ4v) is 2.85. The quantitative estimate of drug-likeness (QED) is 0.451. The number of rotatable bonds is 5. The number of primary amides is 1. The van der Waals surface area contributed by atoms with Crippen molar-refractivity contribution in [1.82, 2.24) is 0 Å². The molecule has 0 aliphatic heterocycles. The molecule has 0 saturated heterocycles. The van der Waals surface area contributed by atoms with Gasteiger partial charge in [0.25, 0.3) is 0 Å². The van der Waals surface area contributed by atoms with Gasteiger partial charge in [-0.05, 0) is 36.4 Å². The van der Waals surface area contributed by atoms with Gasteiger partial charge in [-0.1, -0.05) is 0 Å². The molecule has 2 aromatic carbocycles. The number of methoxy groups -OCH3 is 1. The second kappa shape index (κ2) is 7.67. The number of hydrogen-bond acceptors (Lipinski definition) is 7. The first-order valence-corrected chi connectivity index (χ1v) is 8.15. The van der Waals surface area contributed by atoms with E-state index in [1.807, 2.05) is 0 Å². The lowest BCUT2D eigenvalue weighted by Crippen LogP contribution is -2.18. The summed E-state index contributed by atoms with van der Waals surface area (Å²) in [6, 6.07) is 8.12. The maximum absolute atomic E-state index is 13.3. The molecule has 3 rings (SSSR count). The van der Waals surface area contributed by atoms with E-state index < -0.39 is 24.0 Å². The summed E-state index contributed by atoms with van der Waals surface area (Å²) >= 11 is 0. The second-order valence-corrected chi connectivity index (χ2v) is 5.86. The van der Waals surface area contributed by atoms with Crippen molar-refractivity contribution in [1.29, 1.82) is 0 Å². The SMILES string of the molecule is COc1cc2c(C(=O)OC(N)=O)c(-c3ccc(F)cc3)oc2cc1C(O)CN. The van der Waals surface area contributed by atoms with Crippen molar-refractivity contribution in [2.45, 2.75) is 6.10 Å². The number of esters is 1. The van der Waals surface area contributed by atoms with Crippen LogP contribution >= 0.6 is 0 Å². The maximum atomic E-state index is 13.3. The van der Waals surface area contributed by atoms with Gasteiger partial charge in [0.1, 0.15) is 28.5 Å². The Morgan fingerprint density at radius 3 is 2.50 bits per heavy atom. The van der Waals surface area contributed by atoms with Crippen molar-refractivity contribution in [2.24, 2.45) is 11.5 Å². The first-order valence-electron chi connectivity index (χ1n) is 8.15. The molecule has 0 saturated carbocycles. The highest BCUT2D eigenvalue weighted by Crippen LogP contribution is 2.39. The Balaban J connectivity index is 2.29. The van der Waals surface area contributed by atoms with Crippen molar-refractivity contribution in [3.8, 4) is 17.1 Å². The van der Waals surface area contributed by atoms with Gasteiger partial charge in [-0.15, -0.1) is 0 Å². The van der Waals surface area contributed by atoms with Gasteiger partial charge in [0.2, 0.25) is 0 Å². The summed E-state index contributed by atoms with van der Waals surface area (Å²) in [6.07, 6.45) is -2.31. The van der Waals surface area contributed by atoms with Gasteiger partial charge in [-0.25, -0.2) is 14.0 Å². The molecule has 146 valence electrons. The van der Waals surface area contributed by atoms with E-state index in [4.69, 9.17) is 20.6 Å². The maximum Gasteiger partial charge on any atom is 0.412 e. The van der Waals surface area contributed by atoms with E-state index in [2.05, 4.69) is 4.74 Å². The third kappa shape index (κ3) is 3.53. The number of amides is 1. The minimum atomic E-state index is -1.29. The van der Waals surface area contributed by atoms with Gasteiger partial charge in [0.05, 0.1) is 13.2 Å². The lowest BCUT2D eigenvalue weighted by Gasteiger charge is -2.13. The molecule has 28 heavy (non-hydrogen) atoms. The monoisotopic (exact) mass is 388 g/mol. The summed E-state index contributed by atoms with van der Waals surface area (Å²) < 4.78 is 28.8. The zero-order chi connectivity index (χ0) is 20.4. The Morgan fingerprint density at radius 1 is 1.25 bits per heavy atom. The van der Waals surface area contributed by atoms with Crippen molar-refractivity contribution < 1.29 is 33.0 Å². The minimum absolute atomic E-state index is 0.0442. The fourth-order valence-electron chi connectivity index (χ4n) is 2.85. The average Bonchev–Trinajstić information content (AvgIpc) is 3.04. The number of nitrogens with two attached hydrogens (primary N) is 2. The molecule has 0 aliphatic carbocycles. The molecule has 8 nitrogen and oxygen atoms in total. The van der Waals surface area contributed by atoms with Crippen LogP contribution in [0.5, 0.6) is 5.75 Å². The van der Waals surface area contributed by atoms with Crippen LogP contribution in [-0.2, 0) is 4.74 Å². The predicted molar refractivity (Wildman–Crippen MR) is 97.2 cm³/mol. The molecular formula is C19H17FN2O6. The lowest BCUT2D eigenvalue weighted by atomic mass is 10.0. The average molecular weight is 388 g/mol. The molecule has 9 heteroatoms. The van der Waals surface area contributed by atoms with E-state index in [0.29, 0.717) is 11.1 Å². The number of benzene rings is 2. The molecule has 1 atom stereocenters. The van der Waals surface area contributed by atoms with Crippen LogP contribution in [0.4, 0.5) is 9.18 Å². The first kappa shape index (κ1) is 19.3. The van der Waals surface area contributed by atoms with Crippen LogP contribution in [0.3, 0.4) is 0 Å². The van der Waals surface area contributed by atoms with Crippen LogP contribution in [-0.4, -0.2) is 30.8 Å². The van der Waals surface area contributed by atoms with Crippen LogP contribution in [0.2, 0.25) is 0 Å². The number of halogens is 1. The Hall–Kier alpha value is -3.43. The molecule has 5 N–H and O–H groups in total. The topological polar surface area (TPSA) is 138 Å². The molecule has 1 amide bonds. The summed E-state index contributed by atoms with van der Waals surface area (Å²) in [7, 11) is 1.39. The zero-order valence-corrected chi connectivity index (χ0v) is 14.8. The van der Waals surface area contributed by atoms with Gasteiger partial charge < -0.3 is 30.5 Å². The van der Waals surface area contributed by atoms with Crippen LogP contribution in [0.25, 0.3) is 22.3 Å². The summed E-state index contributed by atoms with van der Waals surface area (Å²) in [5, 5.41) is 10.4. The number of aliphatic hydroxyl groups is 1. The van der Waals surface area contributed by atoms with E-state index in [1.165, 1.54) is 43.5 Å². The van der Waals surface area contributed by atoms with Gasteiger partial charge in [0, 0.05) is 23.1 Å². The number of fused-ring (bicyclic) bond motifs is 1. The smallest absolute Gasteiger partial charge is 0.412 e. The van der Waals surface area contributed by atoms with E-state index in [9.17, 15) is 19.1 Å². The van der Waals surface area contributed by atoms with Crippen LogP contribution in [0.15, 0.2) is 40.8 Å². The number of hydrogen-bond donors (Lipinski definition) is 3. The highest BCUT2D eigenvalue weighted by molar-refractivity contribution is 6.11. The summed E-state index contributed by atoms with van der Waals surface area (Å²) in [4.78, 5) is 23.6. The number of ether oxygens (including phenoxy) is 2. The molecule has 1 heterocycles. The van der Waals surface area contributed by atoms with Crippen molar-refractivity contribution >= 4 is 23.0 Å². The zero-order valence-electron chi connectivity index (χ0n) is 14.8. The third-order valence-electron chi connectivity index (χ3n) is 4.13.